The number of rotatable bonds is 1. The second kappa shape index (κ2) is 3.34. The normalized spacial score (nSPS) is 24.9. The highest BCUT2D eigenvalue weighted by molar-refractivity contribution is 7.34. The van der Waals surface area contributed by atoms with Crippen LogP contribution in [0.3, 0.4) is 0 Å². The quantitative estimate of drug-likeness (QED) is 0.454. The van der Waals surface area contributed by atoms with E-state index in [9.17, 15) is 0 Å². The fourth-order valence-electron chi connectivity index (χ4n) is 1.44. The molecular weight excluding hydrogens is 195 g/mol. The summed E-state index contributed by atoms with van der Waals surface area (Å²) in [7, 11) is -1.22. The zero-order chi connectivity index (χ0) is 8.59. The Morgan fingerprint density at radius 3 is 2.00 bits per heavy atom. The van der Waals surface area contributed by atoms with Crippen LogP contribution in [-0.4, -0.2) is 7.42 Å². The van der Waals surface area contributed by atoms with Crippen LogP contribution in [0.5, 0.6) is 0 Å². The van der Waals surface area contributed by atoms with E-state index in [1.54, 1.807) is 0 Å². The third-order valence-electron chi connectivity index (χ3n) is 2.17. The third kappa shape index (κ3) is 1.71. The molecular formula is C8H11Cl2Si. The Labute approximate surface area is 78.9 Å². The van der Waals surface area contributed by atoms with Crippen LogP contribution in [0.4, 0.5) is 0 Å². The van der Waals surface area contributed by atoms with Crippen molar-refractivity contribution in [2.24, 2.45) is 0 Å². The molecule has 0 aromatic carbocycles. The van der Waals surface area contributed by atoms with Gasteiger partial charge in [-0.05, 0) is 20.8 Å². The maximum Gasteiger partial charge on any atom is 0.285 e. The van der Waals surface area contributed by atoms with Crippen LogP contribution < -0.4 is 0 Å². The van der Waals surface area contributed by atoms with Crippen LogP contribution in [0.2, 0.25) is 5.54 Å². The van der Waals surface area contributed by atoms with Crippen LogP contribution >= 0.6 is 22.2 Å². The zero-order valence-electron chi connectivity index (χ0n) is 6.91. The average Bonchev–Trinajstić information content (AvgIpc) is 2.07. The summed E-state index contributed by atoms with van der Waals surface area (Å²) in [5.74, 6) is 0. The lowest BCUT2D eigenvalue weighted by Crippen LogP contribution is -2.07. The molecule has 0 heterocycles. The van der Waals surface area contributed by atoms with Gasteiger partial charge in [-0.15, -0.1) is 22.2 Å². The Morgan fingerprint density at radius 2 is 1.82 bits per heavy atom. The van der Waals surface area contributed by atoms with Crippen molar-refractivity contribution in [2.75, 3.05) is 0 Å². The fraction of sp³-hybridized carbons (Fsp3) is 0.500. The zero-order valence-corrected chi connectivity index (χ0v) is 9.42. The molecule has 1 rings (SSSR count). The molecule has 1 unspecified atom stereocenters. The lowest BCUT2D eigenvalue weighted by molar-refractivity contribution is 1.12. The van der Waals surface area contributed by atoms with Gasteiger partial charge in [-0.25, -0.2) is 0 Å². The smallest absolute Gasteiger partial charge is 0.146 e. The van der Waals surface area contributed by atoms with Crippen LogP contribution in [0.1, 0.15) is 20.8 Å². The molecule has 0 spiro atoms. The standard InChI is InChI=1S/C8H11Cl2Si/c1-5-4-6(2)8(7(5)3)11(9)10/h4,8H,1-3H3. The molecule has 0 aromatic heterocycles. The molecule has 0 N–H and O–H groups in total. The van der Waals surface area contributed by atoms with Gasteiger partial charge in [0.05, 0.1) is 0 Å². The van der Waals surface area contributed by atoms with Crippen molar-refractivity contribution in [3.8, 4) is 0 Å². The van der Waals surface area contributed by atoms with E-state index in [0.29, 0.717) is 5.54 Å². The highest BCUT2D eigenvalue weighted by atomic mass is 35.7. The molecule has 0 saturated heterocycles. The van der Waals surface area contributed by atoms with Crippen molar-refractivity contribution in [3.63, 3.8) is 0 Å². The Balaban J connectivity index is 2.91. The van der Waals surface area contributed by atoms with Gasteiger partial charge < -0.3 is 0 Å². The summed E-state index contributed by atoms with van der Waals surface area (Å²) in [5.41, 5.74) is 4.35. The van der Waals surface area contributed by atoms with E-state index in [-0.39, 0.29) is 0 Å². The Bertz CT molecular complexity index is 228. The number of hydrogen-bond donors (Lipinski definition) is 0. The molecule has 1 atom stereocenters. The molecule has 11 heavy (non-hydrogen) atoms. The molecule has 3 heteroatoms. The summed E-state index contributed by atoms with van der Waals surface area (Å²) in [6, 6.07) is 0. The van der Waals surface area contributed by atoms with Crippen molar-refractivity contribution in [1.82, 2.24) is 0 Å². The summed E-state index contributed by atoms with van der Waals surface area (Å²) in [6.07, 6.45) is 2.18. The van der Waals surface area contributed by atoms with E-state index < -0.39 is 7.42 Å². The van der Waals surface area contributed by atoms with Gasteiger partial charge >= 0.3 is 0 Å². The van der Waals surface area contributed by atoms with Crippen LogP contribution in [-0.2, 0) is 0 Å². The highest BCUT2D eigenvalue weighted by Gasteiger charge is 2.28. The van der Waals surface area contributed by atoms with Gasteiger partial charge in [0.15, 0.2) is 0 Å². The van der Waals surface area contributed by atoms with Gasteiger partial charge in [-0.3, -0.25) is 0 Å². The summed E-state index contributed by atoms with van der Waals surface area (Å²) in [6.45, 7) is 6.32. The second-order valence-electron chi connectivity index (χ2n) is 2.98. The van der Waals surface area contributed by atoms with Gasteiger partial charge in [-0.2, -0.15) is 0 Å². The molecule has 1 aliphatic rings. The highest BCUT2D eigenvalue weighted by Crippen LogP contribution is 2.40. The number of hydrogen-bond acceptors (Lipinski definition) is 0. The Morgan fingerprint density at radius 1 is 1.27 bits per heavy atom. The van der Waals surface area contributed by atoms with E-state index >= 15 is 0 Å². The van der Waals surface area contributed by atoms with Crippen LogP contribution in [0.15, 0.2) is 22.8 Å². The predicted molar refractivity (Wildman–Crippen MR) is 53.3 cm³/mol. The fourth-order valence-corrected chi connectivity index (χ4v) is 4.44. The van der Waals surface area contributed by atoms with E-state index in [1.165, 1.54) is 16.7 Å². The van der Waals surface area contributed by atoms with Crippen molar-refractivity contribution in [2.45, 2.75) is 26.3 Å². The molecule has 0 nitrogen and oxygen atoms in total. The summed E-state index contributed by atoms with van der Waals surface area (Å²) < 4.78 is 0. The summed E-state index contributed by atoms with van der Waals surface area (Å²) in [4.78, 5) is 0. The number of allylic oxidation sites excluding steroid dienone is 4. The van der Waals surface area contributed by atoms with Crippen molar-refractivity contribution in [1.29, 1.82) is 0 Å². The SMILES string of the molecule is CC1=CC(C)=C(C)C1[Si](Cl)Cl. The van der Waals surface area contributed by atoms with Crippen molar-refractivity contribution in [3.05, 3.63) is 22.8 Å². The molecule has 0 aromatic rings. The first-order valence-corrected chi connectivity index (χ1v) is 7.17. The van der Waals surface area contributed by atoms with Gasteiger partial charge in [0.1, 0.15) is 0 Å². The van der Waals surface area contributed by atoms with Gasteiger partial charge in [0, 0.05) is 5.54 Å². The van der Waals surface area contributed by atoms with Crippen molar-refractivity contribution >= 4 is 29.6 Å². The monoisotopic (exact) mass is 205 g/mol. The van der Waals surface area contributed by atoms with Gasteiger partial charge in [0.25, 0.3) is 7.42 Å². The van der Waals surface area contributed by atoms with Crippen LogP contribution in [0.25, 0.3) is 0 Å². The average molecular weight is 206 g/mol. The largest absolute Gasteiger partial charge is 0.285 e. The molecule has 0 fully saturated rings. The first-order chi connectivity index (χ1) is 5.04. The Kier molecular flexibility index (Phi) is 2.84. The molecule has 0 bridgehead atoms. The molecule has 0 saturated carbocycles. The van der Waals surface area contributed by atoms with Crippen molar-refractivity contribution < 1.29 is 0 Å². The molecule has 61 valence electrons. The van der Waals surface area contributed by atoms with Gasteiger partial charge in [-0.1, -0.05) is 22.8 Å². The molecule has 1 radical (unpaired) electrons. The molecule has 0 amide bonds. The van der Waals surface area contributed by atoms with E-state index in [4.69, 9.17) is 22.2 Å². The number of halogens is 2. The second-order valence-corrected chi connectivity index (χ2v) is 7.16. The minimum atomic E-state index is -1.22. The lowest BCUT2D eigenvalue weighted by Gasteiger charge is -2.12. The Hall–Kier alpha value is 0.277. The predicted octanol–water partition coefficient (Wildman–Crippen LogP) is 3.62. The van der Waals surface area contributed by atoms with Gasteiger partial charge in [0.2, 0.25) is 0 Å². The minimum absolute atomic E-state index is 0.350. The lowest BCUT2D eigenvalue weighted by atomic mass is 10.1. The summed E-state index contributed by atoms with van der Waals surface area (Å²) in [5, 5.41) is 0. The molecule has 1 aliphatic carbocycles. The maximum atomic E-state index is 5.93. The maximum absolute atomic E-state index is 5.93. The van der Waals surface area contributed by atoms with E-state index in [2.05, 4.69) is 26.8 Å². The first-order valence-electron chi connectivity index (χ1n) is 3.57. The topological polar surface area (TPSA) is 0 Å². The third-order valence-corrected chi connectivity index (χ3v) is 4.81. The first kappa shape index (κ1) is 9.37. The van der Waals surface area contributed by atoms with E-state index in [0.717, 1.165) is 0 Å². The molecule has 0 aliphatic heterocycles. The van der Waals surface area contributed by atoms with Crippen LogP contribution in [0, 0.1) is 0 Å². The minimum Gasteiger partial charge on any atom is -0.146 e. The summed E-state index contributed by atoms with van der Waals surface area (Å²) >= 11 is 11.9. The van der Waals surface area contributed by atoms with E-state index in [1.807, 2.05) is 0 Å².